The molecule has 0 radical (unpaired) electrons. The molecule has 0 aromatic heterocycles. The van der Waals surface area contributed by atoms with Crippen LogP contribution in [0.4, 0.5) is 5.69 Å². The molecule has 8 nitrogen and oxygen atoms in total. The van der Waals surface area contributed by atoms with Crippen LogP contribution >= 0.6 is 12.2 Å². The van der Waals surface area contributed by atoms with E-state index in [9.17, 15) is 14.4 Å². The molecule has 0 bridgehead atoms. The molecule has 1 saturated carbocycles. The van der Waals surface area contributed by atoms with Gasteiger partial charge in [-0.2, -0.15) is 0 Å². The summed E-state index contributed by atoms with van der Waals surface area (Å²) in [6.07, 6.45) is 1.53. The lowest BCUT2D eigenvalue weighted by atomic mass is 10.2. The second kappa shape index (κ2) is 7.91. The van der Waals surface area contributed by atoms with Gasteiger partial charge in [-0.05, 0) is 44.1 Å². The van der Waals surface area contributed by atoms with Crippen LogP contribution in [-0.4, -0.2) is 52.4 Å². The normalized spacial score (nSPS) is 19.3. The quantitative estimate of drug-likeness (QED) is 0.682. The van der Waals surface area contributed by atoms with Crippen molar-refractivity contribution in [1.29, 1.82) is 0 Å². The van der Waals surface area contributed by atoms with Crippen molar-refractivity contribution in [3.63, 3.8) is 0 Å². The fraction of sp³-hybridized carbons (Fsp3) is 0.444. The summed E-state index contributed by atoms with van der Waals surface area (Å²) in [4.78, 5) is 38.3. The Bertz CT molecular complexity index is 780. The van der Waals surface area contributed by atoms with Crippen LogP contribution < -0.4 is 15.5 Å². The first-order chi connectivity index (χ1) is 12.9. The number of ether oxygens (including phenoxy) is 1. The zero-order chi connectivity index (χ0) is 19.6. The molecule has 1 aliphatic heterocycles. The Balaban J connectivity index is 1.66. The van der Waals surface area contributed by atoms with Gasteiger partial charge in [0.1, 0.15) is 11.8 Å². The van der Waals surface area contributed by atoms with Crippen LogP contribution in [0.1, 0.15) is 26.2 Å². The molecule has 0 spiro atoms. The third kappa shape index (κ3) is 4.36. The summed E-state index contributed by atoms with van der Waals surface area (Å²) in [5.41, 5.74) is 3.26. The van der Waals surface area contributed by atoms with Crippen LogP contribution in [0.3, 0.4) is 0 Å². The van der Waals surface area contributed by atoms with E-state index in [1.807, 2.05) is 6.92 Å². The Morgan fingerprint density at radius 1 is 1.33 bits per heavy atom. The number of hydrogen-bond acceptors (Lipinski definition) is 5. The number of nitrogens with zero attached hydrogens (tertiary/aromatic N) is 2. The van der Waals surface area contributed by atoms with Crippen LogP contribution in [0.2, 0.25) is 0 Å². The van der Waals surface area contributed by atoms with Gasteiger partial charge >= 0.3 is 0 Å². The zero-order valence-electron chi connectivity index (χ0n) is 15.2. The highest BCUT2D eigenvalue weighted by atomic mass is 32.1. The topological polar surface area (TPSA) is 91.0 Å². The number of hydrazine groups is 1. The van der Waals surface area contributed by atoms with E-state index in [0.29, 0.717) is 18.0 Å². The highest BCUT2D eigenvalue weighted by Gasteiger charge is 2.44. The molecule has 1 atom stereocenters. The van der Waals surface area contributed by atoms with Crippen LogP contribution in [0, 0.1) is 5.92 Å². The van der Waals surface area contributed by atoms with Crippen LogP contribution in [0.25, 0.3) is 0 Å². The molecule has 144 valence electrons. The number of nitrogens with one attached hydrogen (secondary N) is 2. The van der Waals surface area contributed by atoms with Crippen molar-refractivity contribution in [2.75, 3.05) is 19.0 Å². The van der Waals surface area contributed by atoms with Gasteiger partial charge in [0, 0.05) is 24.7 Å². The Kier molecular flexibility index (Phi) is 5.59. The van der Waals surface area contributed by atoms with Gasteiger partial charge in [-0.15, -0.1) is 0 Å². The molecular weight excluding hydrogens is 368 g/mol. The first kappa shape index (κ1) is 19.1. The Morgan fingerprint density at radius 3 is 2.74 bits per heavy atom. The lowest BCUT2D eigenvalue weighted by Gasteiger charge is -2.24. The maximum atomic E-state index is 12.5. The fourth-order valence-corrected chi connectivity index (χ4v) is 3.06. The van der Waals surface area contributed by atoms with Gasteiger partial charge in [-0.3, -0.25) is 24.7 Å². The van der Waals surface area contributed by atoms with Crippen LogP contribution in [0.15, 0.2) is 24.3 Å². The summed E-state index contributed by atoms with van der Waals surface area (Å²) < 4.78 is 5.41. The van der Waals surface area contributed by atoms with Crippen LogP contribution in [0.5, 0.6) is 5.75 Å². The molecule has 1 saturated heterocycles. The van der Waals surface area contributed by atoms with E-state index in [1.165, 1.54) is 17.0 Å². The predicted molar refractivity (Wildman–Crippen MR) is 103 cm³/mol. The Morgan fingerprint density at radius 2 is 2.07 bits per heavy atom. The average molecular weight is 390 g/mol. The van der Waals surface area contributed by atoms with E-state index in [1.54, 1.807) is 24.3 Å². The third-order valence-electron chi connectivity index (χ3n) is 4.41. The third-order valence-corrected chi connectivity index (χ3v) is 4.88. The molecule has 27 heavy (non-hydrogen) atoms. The van der Waals surface area contributed by atoms with Gasteiger partial charge in [0.15, 0.2) is 5.11 Å². The highest BCUT2D eigenvalue weighted by Crippen LogP contribution is 2.29. The minimum atomic E-state index is -0.861. The van der Waals surface area contributed by atoms with Crippen molar-refractivity contribution in [3.8, 4) is 5.75 Å². The average Bonchev–Trinajstić information content (AvgIpc) is 3.45. The molecule has 1 heterocycles. The minimum absolute atomic E-state index is 0.0374. The molecule has 1 aromatic rings. The first-order valence-corrected chi connectivity index (χ1v) is 9.25. The van der Waals surface area contributed by atoms with Crippen molar-refractivity contribution < 1.29 is 19.1 Å². The van der Waals surface area contributed by atoms with E-state index in [-0.39, 0.29) is 35.2 Å². The van der Waals surface area contributed by atoms with Gasteiger partial charge in [0.05, 0.1) is 13.0 Å². The SMILES string of the molecule is CCOc1cccc(NC(=O)CC2C(=O)N(C)C(=S)N2NC(=O)C2CC2)c1. The van der Waals surface area contributed by atoms with Gasteiger partial charge in [0.25, 0.3) is 5.91 Å². The summed E-state index contributed by atoms with van der Waals surface area (Å²) in [7, 11) is 1.53. The largest absolute Gasteiger partial charge is 0.494 e. The number of anilines is 1. The van der Waals surface area contributed by atoms with Crippen LogP contribution in [-0.2, 0) is 14.4 Å². The molecule has 1 unspecified atom stereocenters. The van der Waals surface area contributed by atoms with E-state index in [4.69, 9.17) is 17.0 Å². The number of hydrogen-bond donors (Lipinski definition) is 2. The zero-order valence-corrected chi connectivity index (χ0v) is 16.0. The van der Waals surface area contributed by atoms with Gasteiger partial charge in [-0.1, -0.05) is 6.07 Å². The minimum Gasteiger partial charge on any atom is -0.494 e. The summed E-state index contributed by atoms with van der Waals surface area (Å²) in [5.74, 6) is -0.244. The maximum Gasteiger partial charge on any atom is 0.253 e. The number of carbonyl (C=O) groups is 3. The standard InChI is InChI=1S/C18H22N4O4S/c1-3-26-13-6-4-5-12(9-13)19-15(23)10-14-17(25)21(2)18(27)22(14)20-16(24)11-7-8-11/h4-6,9,11,14H,3,7-8,10H2,1-2H3,(H,19,23)(H,20,24). The monoisotopic (exact) mass is 390 g/mol. The summed E-state index contributed by atoms with van der Waals surface area (Å²) >= 11 is 5.24. The number of amides is 3. The van der Waals surface area contributed by atoms with E-state index in [0.717, 1.165) is 12.8 Å². The number of carbonyl (C=O) groups excluding carboxylic acids is 3. The van der Waals surface area contributed by atoms with Crippen molar-refractivity contribution in [3.05, 3.63) is 24.3 Å². The lowest BCUT2D eigenvalue weighted by Crippen LogP contribution is -2.50. The number of thiocarbonyl (C=S) groups is 1. The molecule has 2 aliphatic rings. The second-order valence-electron chi connectivity index (χ2n) is 6.53. The van der Waals surface area contributed by atoms with Gasteiger partial charge in [-0.25, -0.2) is 5.01 Å². The second-order valence-corrected chi connectivity index (χ2v) is 6.89. The number of benzene rings is 1. The van der Waals surface area contributed by atoms with Gasteiger partial charge in [0.2, 0.25) is 11.8 Å². The Labute approximate surface area is 162 Å². The molecule has 1 aromatic carbocycles. The molecule has 2 fully saturated rings. The molecule has 3 amide bonds. The molecule has 3 rings (SSSR count). The van der Waals surface area contributed by atoms with E-state index in [2.05, 4.69) is 10.7 Å². The number of rotatable bonds is 7. The molecular formula is C18H22N4O4S. The molecule has 1 aliphatic carbocycles. The summed E-state index contributed by atoms with van der Waals surface area (Å²) in [6.45, 7) is 2.40. The lowest BCUT2D eigenvalue weighted by molar-refractivity contribution is -0.132. The summed E-state index contributed by atoms with van der Waals surface area (Å²) in [6, 6.07) is 6.15. The first-order valence-electron chi connectivity index (χ1n) is 8.84. The fourth-order valence-electron chi connectivity index (χ4n) is 2.80. The van der Waals surface area contributed by atoms with Crippen molar-refractivity contribution in [2.45, 2.75) is 32.2 Å². The summed E-state index contributed by atoms with van der Waals surface area (Å²) in [5, 5.41) is 4.27. The van der Waals surface area contributed by atoms with Crippen molar-refractivity contribution in [2.24, 2.45) is 5.92 Å². The molecule has 2 N–H and O–H groups in total. The predicted octanol–water partition coefficient (Wildman–Crippen LogP) is 1.28. The van der Waals surface area contributed by atoms with Gasteiger partial charge < -0.3 is 10.1 Å². The van der Waals surface area contributed by atoms with E-state index >= 15 is 0 Å². The number of likely N-dealkylation sites (N-methyl/N-ethyl adjacent to an activating group) is 1. The van der Waals surface area contributed by atoms with E-state index < -0.39 is 6.04 Å². The highest BCUT2D eigenvalue weighted by molar-refractivity contribution is 7.80. The Hall–Kier alpha value is -2.68. The smallest absolute Gasteiger partial charge is 0.253 e. The van der Waals surface area contributed by atoms with Crippen molar-refractivity contribution in [1.82, 2.24) is 15.3 Å². The molecule has 9 heteroatoms. The van der Waals surface area contributed by atoms with Crippen molar-refractivity contribution >= 4 is 40.7 Å². The maximum absolute atomic E-state index is 12.5.